The second kappa shape index (κ2) is 19.0. The Morgan fingerprint density at radius 3 is 2.07 bits per heavy atom. The number of hydrogen-bond acceptors (Lipinski definition) is 14. The highest BCUT2D eigenvalue weighted by molar-refractivity contribution is 7.86. The fraction of sp³-hybridized carbons (Fsp3) is 0.526. The van der Waals surface area contributed by atoms with Crippen molar-refractivity contribution in [2.45, 2.75) is 79.4 Å². The standard InChI is InChI=1S/C38H52N2O14S3/c1-37(17-9-25-55(43,44)45)30-26-28(56(46,47)48)13-15-32(30)39(19-7-5-6-12-36(41)42)34(37)10-8-11-35-38(2,18-21-54-24-23-53-4)31-27-29(57(49,50)51)14-16-33(31)40(35)20-22-52-3/h8,10-11,13-16,26-27H,5-7,9,12,17-25H2,1-4H3,(H3-,41,42,43,44,45,46,47,48,49,50,51)/p-2. The molecule has 2 aromatic rings. The van der Waals surface area contributed by atoms with Crippen molar-refractivity contribution in [1.82, 2.24) is 0 Å². The second-order valence-electron chi connectivity index (χ2n) is 14.4. The smallest absolute Gasteiger partial charge is 0.303 e. The van der Waals surface area contributed by atoms with Crippen LogP contribution in [0.4, 0.5) is 11.4 Å². The van der Waals surface area contributed by atoms with Crippen molar-refractivity contribution in [1.29, 1.82) is 0 Å². The summed E-state index contributed by atoms with van der Waals surface area (Å²) in [4.78, 5) is 12.3. The van der Waals surface area contributed by atoms with Gasteiger partial charge in [0.1, 0.15) is 26.8 Å². The van der Waals surface area contributed by atoms with E-state index in [-0.39, 0.29) is 37.4 Å². The number of carboxylic acid groups (broad SMARTS) is 1. The van der Waals surface area contributed by atoms with Gasteiger partial charge in [0, 0.05) is 80.5 Å². The average molecular weight is 855 g/mol. The largest absolute Gasteiger partial charge is 0.748 e. The third-order valence-electron chi connectivity index (χ3n) is 10.5. The molecule has 2 aliphatic rings. The fourth-order valence-corrected chi connectivity index (χ4v) is 9.13. The summed E-state index contributed by atoms with van der Waals surface area (Å²) in [6.45, 7) is 5.62. The number of anilines is 1. The molecular formula is C38H50N2O14S3-2. The van der Waals surface area contributed by atoms with Gasteiger partial charge in [-0.15, -0.1) is 0 Å². The molecule has 0 bridgehead atoms. The summed E-state index contributed by atoms with van der Waals surface area (Å²) in [5, 5.41) is 9.14. The lowest BCUT2D eigenvalue weighted by molar-refractivity contribution is -0.438. The highest BCUT2D eigenvalue weighted by atomic mass is 32.2. The topological polar surface area (TPSA) is 243 Å². The maximum Gasteiger partial charge on any atom is 0.303 e. The molecule has 0 fully saturated rings. The van der Waals surface area contributed by atoms with E-state index in [4.69, 9.17) is 19.3 Å². The normalized spacial score (nSPS) is 20.5. The number of carbonyl (C=O) groups is 1. The van der Waals surface area contributed by atoms with Gasteiger partial charge in [0.15, 0.2) is 5.71 Å². The lowest BCUT2D eigenvalue weighted by Crippen LogP contribution is -2.33. The Kier molecular flexibility index (Phi) is 15.4. The lowest BCUT2D eigenvalue weighted by atomic mass is 9.75. The van der Waals surface area contributed by atoms with Crippen LogP contribution in [0.1, 0.15) is 69.9 Å². The molecule has 316 valence electrons. The molecule has 0 saturated carbocycles. The highest BCUT2D eigenvalue weighted by Crippen LogP contribution is 2.51. The molecule has 4 rings (SSSR count). The molecule has 0 radical (unpaired) electrons. The monoisotopic (exact) mass is 854 g/mol. The Hall–Kier alpha value is -3.53. The molecule has 16 nitrogen and oxygen atoms in total. The number of fused-ring (bicyclic) bond motifs is 2. The maximum atomic E-state index is 12.2. The molecule has 2 aromatic carbocycles. The van der Waals surface area contributed by atoms with Crippen LogP contribution in [0.3, 0.4) is 0 Å². The van der Waals surface area contributed by atoms with E-state index < -0.39 is 57.8 Å². The summed E-state index contributed by atoms with van der Waals surface area (Å²) < 4.78 is 126. The highest BCUT2D eigenvalue weighted by Gasteiger charge is 2.48. The van der Waals surface area contributed by atoms with Gasteiger partial charge in [0.05, 0.1) is 45.1 Å². The molecule has 0 aromatic heterocycles. The van der Waals surface area contributed by atoms with Crippen LogP contribution in [-0.2, 0) is 60.2 Å². The van der Waals surface area contributed by atoms with E-state index in [9.17, 15) is 43.7 Å². The van der Waals surface area contributed by atoms with Gasteiger partial charge >= 0.3 is 5.97 Å². The van der Waals surface area contributed by atoms with Crippen molar-refractivity contribution < 1.29 is 67.6 Å². The van der Waals surface area contributed by atoms with Crippen molar-refractivity contribution in [3.63, 3.8) is 0 Å². The van der Waals surface area contributed by atoms with Crippen LogP contribution in [0.5, 0.6) is 0 Å². The molecule has 0 aliphatic carbocycles. The summed E-state index contributed by atoms with van der Waals surface area (Å²) in [7, 11) is -11.2. The van der Waals surface area contributed by atoms with E-state index in [1.807, 2.05) is 22.5 Å². The maximum absolute atomic E-state index is 12.2. The first kappa shape index (κ1) is 46.2. The zero-order valence-electron chi connectivity index (χ0n) is 32.5. The Bertz CT molecular complexity index is 2220. The van der Waals surface area contributed by atoms with E-state index in [0.29, 0.717) is 80.2 Å². The van der Waals surface area contributed by atoms with Crippen LogP contribution in [0.15, 0.2) is 70.1 Å². The van der Waals surface area contributed by atoms with Gasteiger partial charge in [0.2, 0.25) is 5.69 Å². The second-order valence-corrected chi connectivity index (χ2v) is 18.7. The number of ether oxygens (including phenoxy) is 3. The predicted octanol–water partition coefficient (Wildman–Crippen LogP) is 3.74. The zero-order valence-corrected chi connectivity index (χ0v) is 34.9. The molecule has 0 saturated heterocycles. The summed E-state index contributed by atoms with van der Waals surface area (Å²) in [5.74, 6) is -1.60. The molecule has 0 spiro atoms. The average Bonchev–Trinajstić information content (AvgIpc) is 3.49. The van der Waals surface area contributed by atoms with Crippen LogP contribution >= 0.6 is 0 Å². The van der Waals surface area contributed by atoms with Crippen LogP contribution < -0.4 is 4.90 Å². The van der Waals surface area contributed by atoms with Crippen molar-refractivity contribution >= 4 is 53.4 Å². The zero-order chi connectivity index (χ0) is 42.2. The number of nitrogens with zero attached hydrogens (tertiary/aromatic N) is 2. The van der Waals surface area contributed by atoms with E-state index >= 15 is 0 Å². The minimum absolute atomic E-state index is 0.0207. The number of carboxylic acids is 1. The third kappa shape index (κ3) is 11.4. The quantitative estimate of drug-likeness (QED) is 0.0951. The summed E-state index contributed by atoms with van der Waals surface area (Å²) in [6.07, 6.45) is 7.26. The van der Waals surface area contributed by atoms with Gasteiger partial charge in [-0.05, 0) is 87.9 Å². The Morgan fingerprint density at radius 2 is 1.46 bits per heavy atom. The van der Waals surface area contributed by atoms with Crippen molar-refractivity contribution in [3.8, 4) is 0 Å². The summed E-state index contributed by atoms with van der Waals surface area (Å²) >= 11 is 0. The van der Waals surface area contributed by atoms with E-state index in [1.54, 1.807) is 39.4 Å². The van der Waals surface area contributed by atoms with E-state index in [1.165, 1.54) is 30.3 Å². The van der Waals surface area contributed by atoms with Crippen molar-refractivity contribution in [2.75, 3.05) is 64.4 Å². The Morgan fingerprint density at radius 1 is 0.807 bits per heavy atom. The van der Waals surface area contributed by atoms with Crippen molar-refractivity contribution in [3.05, 3.63) is 71.5 Å². The number of hydrogen-bond donors (Lipinski definition) is 1. The summed E-state index contributed by atoms with van der Waals surface area (Å²) in [5.41, 5.74) is 1.61. The molecule has 1 N–H and O–H groups in total. The van der Waals surface area contributed by atoms with Gasteiger partial charge in [0.25, 0.3) is 0 Å². The Balaban J connectivity index is 1.90. The number of allylic oxidation sites excluding steroid dienone is 4. The van der Waals surface area contributed by atoms with Gasteiger partial charge in [-0.3, -0.25) is 4.79 Å². The SMILES string of the molecule is COCCOCCC1(C)/C(=C\C=C\C2=[N+](CCCCCC(=O)O)c3ccc(S(=O)(=O)[O-])cc3C2(C)CCCS(=O)(=O)[O-])N(CCOC)c2ccc(S(=O)(=O)[O-])cc21. The minimum atomic E-state index is -4.89. The van der Waals surface area contributed by atoms with E-state index in [0.717, 1.165) is 5.70 Å². The predicted molar refractivity (Wildman–Crippen MR) is 207 cm³/mol. The molecule has 2 heterocycles. The molecule has 2 unspecified atom stereocenters. The molecule has 0 amide bonds. The number of benzene rings is 2. The number of unbranched alkanes of at least 4 members (excludes halogenated alkanes) is 2. The van der Waals surface area contributed by atoms with Gasteiger partial charge in [-0.25, -0.2) is 25.3 Å². The summed E-state index contributed by atoms with van der Waals surface area (Å²) in [6, 6.07) is 8.23. The number of aliphatic carboxylic acids is 1. The van der Waals surface area contributed by atoms with Crippen LogP contribution in [-0.4, -0.2) is 120 Å². The molecule has 2 atom stereocenters. The lowest BCUT2D eigenvalue weighted by Gasteiger charge is -2.30. The molecule has 57 heavy (non-hydrogen) atoms. The first-order valence-corrected chi connectivity index (χ1v) is 22.8. The third-order valence-corrected chi connectivity index (χ3v) is 13.0. The van der Waals surface area contributed by atoms with Gasteiger partial charge < -0.3 is 37.9 Å². The van der Waals surface area contributed by atoms with E-state index in [2.05, 4.69) is 0 Å². The van der Waals surface area contributed by atoms with Crippen molar-refractivity contribution in [2.24, 2.45) is 0 Å². The Labute approximate surface area is 335 Å². The van der Waals surface area contributed by atoms with Crippen LogP contribution in [0, 0.1) is 0 Å². The minimum Gasteiger partial charge on any atom is -0.748 e. The van der Waals surface area contributed by atoms with Gasteiger partial charge in [-0.1, -0.05) is 6.08 Å². The number of methoxy groups -OCH3 is 2. The van der Waals surface area contributed by atoms with Crippen LogP contribution in [0.25, 0.3) is 0 Å². The molecule has 2 aliphatic heterocycles. The van der Waals surface area contributed by atoms with Gasteiger partial charge in [-0.2, -0.15) is 4.58 Å². The first-order chi connectivity index (χ1) is 26.7. The van der Waals surface area contributed by atoms with Crippen LogP contribution in [0.2, 0.25) is 0 Å². The fourth-order valence-electron chi connectivity index (χ4n) is 7.64. The number of rotatable bonds is 23. The first-order valence-electron chi connectivity index (χ1n) is 18.4. The molecule has 19 heteroatoms. The molecular weight excluding hydrogens is 805 g/mol.